The normalized spacial score (nSPS) is 13.4. The lowest BCUT2D eigenvalue weighted by Crippen LogP contribution is -2.00. The highest BCUT2D eigenvalue weighted by atomic mass is 16.5. The van der Waals surface area contributed by atoms with E-state index in [-0.39, 0.29) is 11.7 Å². The maximum absolute atomic E-state index is 11.6. The van der Waals surface area contributed by atoms with Gasteiger partial charge in [-0.1, -0.05) is 67.6 Å². The minimum Gasteiger partial charge on any atom is -0.373 e. The summed E-state index contributed by atoms with van der Waals surface area (Å²) in [6.45, 7) is 5.15. The van der Waals surface area contributed by atoms with Gasteiger partial charge >= 0.3 is 0 Å². The van der Waals surface area contributed by atoms with Crippen LogP contribution in [-0.4, -0.2) is 12.4 Å². The van der Waals surface area contributed by atoms with Gasteiger partial charge in [-0.25, -0.2) is 0 Å². The number of benzene rings is 1. The summed E-state index contributed by atoms with van der Waals surface area (Å²) in [5, 5.41) is 0. The van der Waals surface area contributed by atoms with E-state index in [1.54, 1.807) is 12.2 Å². The summed E-state index contributed by atoms with van der Waals surface area (Å²) in [6, 6.07) is 10.1. The third-order valence-corrected chi connectivity index (χ3v) is 2.90. The van der Waals surface area contributed by atoms with E-state index in [1.165, 1.54) is 5.56 Å². The van der Waals surface area contributed by atoms with Crippen molar-refractivity contribution in [3.05, 3.63) is 72.4 Å². The van der Waals surface area contributed by atoms with Crippen LogP contribution in [0.3, 0.4) is 0 Å². The minimum absolute atomic E-state index is 0.149. The van der Waals surface area contributed by atoms with Crippen molar-refractivity contribution < 1.29 is 9.53 Å². The summed E-state index contributed by atoms with van der Waals surface area (Å²) in [5.74, 6) is 0.378. The summed E-state index contributed by atoms with van der Waals surface area (Å²) in [4.78, 5) is 11.6. The second-order valence-corrected chi connectivity index (χ2v) is 4.96. The van der Waals surface area contributed by atoms with Crippen LogP contribution in [0.5, 0.6) is 0 Å². The summed E-state index contributed by atoms with van der Waals surface area (Å²) >= 11 is 0. The fraction of sp³-hybridized carbons (Fsp3) is 0.316. The highest BCUT2D eigenvalue weighted by Gasteiger charge is 2.02. The van der Waals surface area contributed by atoms with E-state index in [2.05, 4.69) is 0 Å². The molecule has 21 heavy (non-hydrogen) atoms. The highest BCUT2D eigenvalue weighted by molar-refractivity contribution is 5.90. The third-order valence-electron chi connectivity index (χ3n) is 2.90. The molecule has 0 fully saturated rings. The van der Waals surface area contributed by atoms with E-state index in [1.807, 2.05) is 68.5 Å². The van der Waals surface area contributed by atoms with E-state index in [9.17, 15) is 4.79 Å². The Hall–Kier alpha value is -1.93. The first-order valence-electron chi connectivity index (χ1n) is 7.33. The van der Waals surface area contributed by atoms with Gasteiger partial charge < -0.3 is 4.74 Å². The van der Waals surface area contributed by atoms with E-state index in [4.69, 9.17) is 4.74 Å². The number of ketones is 1. The molecule has 0 aliphatic heterocycles. The molecule has 0 spiro atoms. The Morgan fingerprint density at radius 1 is 1.24 bits per heavy atom. The van der Waals surface area contributed by atoms with E-state index >= 15 is 0 Å². The lowest BCUT2D eigenvalue weighted by molar-refractivity contribution is -0.115. The Morgan fingerprint density at radius 2 is 2.00 bits per heavy atom. The number of rotatable bonds is 9. The highest BCUT2D eigenvalue weighted by Crippen LogP contribution is 2.06. The zero-order valence-corrected chi connectivity index (χ0v) is 12.9. The molecule has 0 N–H and O–H groups in total. The monoisotopic (exact) mass is 284 g/mol. The van der Waals surface area contributed by atoms with Crippen molar-refractivity contribution in [1.29, 1.82) is 0 Å². The van der Waals surface area contributed by atoms with Crippen LogP contribution >= 0.6 is 0 Å². The summed E-state index contributed by atoms with van der Waals surface area (Å²) in [7, 11) is 0. The van der Waals surface area contributed by atoms with E-state index in [0.717, 1.165) is 0 Å². The molecule has 0 aliphatic rings. The maximum Gasteiger partial charge on any atom is 0.156 e. The number of allylic oxidation sites excluding steroid dienone is 5. The van der Waals surface area contributed by atoms with Gasteiger partial charge in [-0.3, -0.25) is 4.79 Å². The topological polar surface area (TPSA) is 26.3 Å². The third kappa shape index (κ3) is 8.77. The predicted octanol–water partition coefficient (Wildman–Crippen LogP) is 4.49. The molecule has 2 nitrogen and oxygen atoms in total. The summed E-state index contributed by atoms with van der Waals surface area (Å²) in [6.07, 6.45) is 11.7. The van der Waals surface area contributed by atoms with Gasteiger partial charge in [-0.05, 0) is 24.5 Å². The summed E-state index contributed by atoms with van der Waals surface area (Å²) in [5.41, 5.74) is 1.17. The lowest BCUT2D eigenvalue weighted by atomic mass is 10.0. The van der Waals surface area contributed by atoms with E-state index in [0.29, 0.717) is 19.6 Å². The molecule has 112 valence electrons. The average molecular weight is 284 g/mol. The largest absolute Gasteiger partial charge is 0.373 e. The van der Waals surface area contributed by atoms with Crippen molar-refractivity contribution in [1.82, 2.24) is 0 Å². The molecule has 0 amide bonds. The Balaban J connectivity index is 2.19. The molecule has 1 aromatic rings. The fourth-order valence-electron chi connectivity index (χ4n) is 1.83. The van der Waals surface area contributed by atoms with Crippen LogP contribution in [0.25, 0.3) is 0 Å². The Morgan fingerprint density at radius 3 is 2.71 bits per heavy atom. The molecular formula is C19H24O2. The average Bonchev–Trinajstić information content (AvgIpc) is 2.48. The van der Waals surface area contributed by atoms with E-state index < -0.39 is 0 Å². The second kappa shape index (κ2) is 10.8. The van der Waals surface area contributed by atoms with Crippen molar-refractivity contribution in [3.8, 4) is 0 Å². The minimum atomic E-state index is 0.149. The molecule has 0 unspecified atom stereocenters. The molecule has 2 heteroatoms. The van der Waals surface area contributed by atoms with Crippen molar-refractivity contribution >= 4 is 5.78 Å². The van der Waals surface area contributed by atoms with Gasteiger partial charge in [0.25, 0.3) is 0 Å². The number of hydrogen-bond acceptors (Lipinski definition) is 2. The van der Waals surface area contributed by atoms with Crippen molar-refractivity contribution in [2.45, 2.75) is 26.9 Å². The quantitative estimate of drug-likeness (QED) is 0.289. The molecule has 1 atom stereocenters. The molecule has 0 heterocycles. The molecule has 0 saturated heterocycles. The van der Waals surface area contributed by atoms with Crippen LogP contribution in [0, 0.1) is 5.92 Å². The van der Waals surface area contributed by atoms with Gasteiger partial charge in [0.05, 0.1) is 13.2 Å². The second-order valence-electron chi connectivity index (χ2n) is 4.96. The standard InChI is InChI=1S/C19H24O2/c1-3-4-6-13-19(20)15-17(2)10-9-14-21-16-18-11-7-5-8-12-18/h3-13,17H,14-16H2,1-2H3/b4-3+,10-9-,13-6+/t17-/m1/s1. The van der Waals surface area contributed by atoms with Crippen molar-refractivity contribution in [3.63, 3.8) is 0 Å². The molecule has 0 aliphatic carbocycles. The number of ether oxygens (including phenoxy) is 1. The van der Waals surface area contributed by atoms with Gasteiger partial charge in [-0.15, -0.1) is 0 Å². The molecule has 1 rings (SSSR count). The molecule has 1 aromatic carbocycles. The lowest BCUT2D eigenvalue weighted by Gasteiger charge is -2.03. The number of carbonyl (C=O) groups excluding carboxylic acids is 1. The number of carbonyl (C=O) groups is 1. The van der Waals surface area contributed by atoms with Gasteiger partial charge in [0.1, 0.15) is 0 Å². The van der Waals surface area contributed by atoms with Gasteiger partial charge in [0, 0.05) is 6.42 Å². The first-order chi connectivity index (χ1) is 10.2. The van der Waals surface area contributed by atoms with Crippen molar-refractivity contribution in [2.75, 3.05) is 6.61 Å². The molecule has 0 radical (unpaired) electrons. The zero-order chi connectivity index (χ0) is 15.3. The zero-order valence-electron chi connectivity index (χ0n) is 12.9. The molecule has 0 aromatic heterocycles. The Kier molecular flexibility index (Phi) is 8.81. The predicted molar refractivity (Wildman–Crippen MR) is 88.0 cm³/mol. The first-order valence-corrected chi connectivity index (χ1v) is 7.33. The maximum atomic E-state index is 11.6. The first kappa shape index (κ1) is 17.1. The molecule has 0 saturated carbocycles. The van der Waals surface area contributed by atoms with Crippen LogP contribution in [0.15, 0.2) is 66.8 Å². The van der Waals surface area contributed by atoms with Crippen LogP contribution in [-0.2, 0) is 16.1 Å². The molecular weight excluding hydrogens is 260 g/mol. The van der Waals surface area contributed by atoms with Crippen LogP contribution < -0.4 is 0 Å². The van der Waals surface area contributed by atoms with Crippen molar-refractivity contribution in [2.24, 2.45) is 5.92 Å². The van der Waals surface area contributed by atoms with Crippen LogP contribution in [0.4, 0.5) is 0 Å². The SMILES string of the molecule is C/C=C/C=C/C(=O)C[C@H](C)/C=C\COCc1ccccc1. The van der Waals surface area contributed by atoms with Gasteiger partial charge in [0.2, 0.25) is 0 Å². The number of hydrogen-bond donors (Lipinski definition) is 0. The summed E-state index contributed by atoms with van der Waals surface area (Å²) < 4.78 is 5.56. The molecule has 0 bridgehead atoms. The fourth-order valence-corrected chi connectivity index (χ4v) is 1.83. The van der Waals surface area contributed by atoms with Crippen LogP contribution in [0.1, 0.15) is 25.8 Å². The Labute approximate surface area is 127 Å². The van der Waals surface area contributed by atoms with Gasteiger partial charge in [-0.2, -0.15) is 0 Å². The van der Waals surface area contributed by atoms with Gasteiger partial charge in [0.15, 0.2) is 5.78 Å². The van der Waals surface area contributed by atoms with Crippen LogP contribution in [0.2, 0.25) is 0 Å². The smallest absolute Gasteiger partial charge is 0.156 e. The Bertz CT molecular complexity index is 484.